The second-order valence-electron chi connectivity index (χ2n) is 22.1. The highest BCUT2D eigenvalue weighted by atomic mass is 16.3. The van der Waals surface area contributed by atoms with Crippen LogP contribution in [0.5, 0.6) is 0 Å². The highest BCUT2D eigenvalue weighted by molar-refractivity contribution is 5.76. The lowest BCUT2D eigenvalue weighted by atomic mass is 10.0. The largest absolute Gasteiger partial charge is 0.394 e. The van der Waals surface area contributed by atoms with E-state index in [1.54, 1.807) is 6.08 Å². The van der Waals surface area contributed by atoms with Crippen LogP contribution in [-0.2, 0) is 4.79 Å². The van der Waals surface area contributed by atoms with Crippen molar-refractivity contribution in [3.8, 4) is 0 Å². The summed E-state index contributed by atoms with van der Waals surface area (Å²) in [6, 6.07) is -0.666. The Balaban J connectivity index is 3.67. The first-order valence-corrected chi connectivity index (χ1v) is 33.8. The summed E-state index contributed by atoms with van der Waals surface area (Å²) in [6.07, 6.45) is 113. The van der Waals surface area contributed by atoms with Gasteiger partial charge >= 0.3 is 0 Å². The Hall–Kier alpha value is -4.25. The van der Waals surface area contributed by atoms with Gasteiger partial charge in [-0.3, -0.25) is 4.79 Å². The van der Waals surface area contributed by atoms with Gasteiger partial charge in [-0.2, -0.15) is 0 Å². The molecule has 2 unspecified atom stereocenters. The van der Waals surface area contributed by atoms with E-state index in [0.717, 1.165) is 122 Å². The van der Waals surface area contributed by atoms with Crippen molar-refractivity contribution in [2.75, 3.05) is 6.61 Å². The van der Waals surface area contributed by atoms with Gasteiger partial charge in [0.25, 0.3) is 0 Å². The molecule has 0 heterocycles. The first-order valence-electron chi connectivity index (χ1n) is 33.8. The number of hydrogen-bond acceptors (Lipinski definition) is 3. The van der Waals surface area contributed by atoms with Crippen molar-refractivity contribution in [2.24, 2.45) is 0 Å². The number of amides is 1. The first-order chi connectivity index (χ1) is 40.2. The van der Waals surface area contributed by atoms with E-state index in [-0.39, 0.29) is 12.5 Å². The smallest absolute Gasteiger partial charge is 0.220 e. The summed E-state index contributed by atoms with van der Waals surface area (Å²) in [7, 11) is 0. The fraction of sp³-hybridized carbons (Fsp3) is 0.623. The van der Waals surface area contributed by atoms with Crippen LogP contribution >= 0.6 is 0 Å². The minimum absolute atomic E-state index is 0.0943. The summed E-state index contributed by atoms with van der Waals surface area (Å²) in [5.41, 5.74) is 0. The molecule has 0 spiro atoms. The van der Waals surface area contributed by atoms with Gasteiger partial charge in [0, 0.05) is 6.42 Å². The Morgan fingerprint density at radius 1 is 0.309 bits per heavy atom. The van der Waals surface area contributed by atoms with Crippen molar-refractivity contribution in [1.82, 2.24) is 5.32 Å². The molecule has 0 fully saturated rings. The Morgan fingerprint density at radius 3 is 0.864 bits per heavy atom. The number of carbonyl (C=O) groups is 1. The number of aliphatic hydroxyl groups excluding tert-OH is 2. The van der Waals surface area contributed by atoms with Crippen LogP contribution in [-0.4, -0.2) is 34.9 Å². The summed E-state index contributed by atoms with van der Waals surface area (Å²) >= 11 is 0. The lowest BCUT2D eigenvalue weighted by Crippen LogP contribution is -2.45. The summed E-state index contributed by atoms with van der Waals surface area (Å²) < 4.78 is 0. The van der Waals surface area contributed by atoms with Gasteiger partial charge in [-0.1, -0.05) is 325 Å². The SMILES string of the molecule is CC/C=C\C/C=C\C/C=C\C/C=C\C/C=C\C/C=C\C/C=C\C/C=C\C/C=C\C/C=C\C/C=C\CCCCCCCCCC(=O)NC(CO)C(O)/C=C/CC/C=C/CC/C=C/CCCCCCCCCCCCCCCCCCCC. The van der Waals surface area contributed by atoms with Crippen molar-refractivity contribution < 1.29 is 15.0 Å². The average Bonchev–Trinajstić information content (AvgIpc) is 3.47. The summed E-state index contributed by atoms with van der Waals surface area (Å²) in [6.45, 7) is 4.18. The predicted molar refractivity (Wildman–Crippen MR) is 363 cm³/mol. The molecule has 0 aromatic carbocycles. The molecule has 0 aliphatic carbocycles. The zero-order valence-corrected chi connectivity index (χ0v) is 52.7. The standard InChI is InChI=1S/C77H127NO3/c1-3-5-7-9-11-13-15-17-19-21-23-25-27-29-31-33-34-35-36-37-38-39-40-41-42-43-44-45-47-49-51-53-55-57-59-61-63-65-67-69-71-73-77(81)78-75(74-79)76(80)72-70-68-66-64-62-60-58-56-54-52-50-48-46-32-30-28-26-24-22-20-18-16-14-12-10-8-6-4-2/h5,7,11,13,17,19,23,25,29,31,34-35,37-38,40-41,43-44,47,49,53-56,62,64,70,72,75-76,79-80H,3-4,6,8-10,12,14-16,18,20-22,24,26-28,30,32-33,36,39,42,45-46,48,50-52,57-61,63,65-69,71,73-74H2,1-2H3,(H,78,81)/b7-5-,13-11-,19-17-,25-23-,31-29-,35-34-,38-37-,41-40-,44-43-,49-47-,55-53-,56-54+,64-62+,72-70+. The maximum Gasteiger partial charge on any atom is 0.220 e. The fourth-order valence-corrected chi connectivity index (χ4v) is 9.33. The van der Waals surface area contributed by atoms with Crippen LogP contribution < -0.4 is 5.32 Å². The third kappa shape index (κ3) is 66.4. The fourth-order valence-electron chi connectivity index (χ4n) is 9.33. The predicted octanol–water partition coefficient (Wildman–Crippen LogP) is 23.4. The lowest BCUT2D eigenvalue weighted by molar-refractivity contribution is -0.123. The number of carbonyl (C=O) groups excluding carboxylic acids is 1. The van der Waals surface area contributed by atoms with E-state index in [1.807, 2.05) is 6.08 Å². The Labute approximate surface area is 502 Å². The molecule has 0 radical (unpaired) electrons. The molecular formula is C77H127NO3. The maximum atomic E-state index is 12.5. The normalized spacial score (nSPS) is 13.9. The van der Waals surface area contributed by atoms with Crippen LogP contribution in [0.15, 0.2) is 170 Å². The second kappa shape index (κ2) is 70.0. The van der Waals surface area contributed by atoms with E-state index in [4.69, 9.17) is 0 Å². The van der Waals surface area contributed by atoms with E-state index in [2.05, 4.69) is 177 Å². The van der Waals surface area contributed by atoms with Crippen molar-refractivity contribution in [1.29, 1.82) is 0 Å². The van der Waals surface area contributed by atoms with Crippen LogP contribution in [0.4, 0.5) is 0 Å². The van der Waals surface area contributed by atoms with E-state index in [9.17, 15) is 15.0 Å². The molecule has 4 nitrogen and oxygen atoms in total. The minimum atomic E-state index is -0.889. The zero-order valence-electron chi connectivity index (χ0n) is 52.7. The van der Waals surface area contributed by atoms with E-state index >= 15 is 0 Å². The lowest BCUT2D eigenvalue weighted by Gasteiger charge is -2.19. The Bertz CT molecular complexity index is 1740. The molecule has 0 rings (SSSR count). The van der Waals surface area contributed by atoms with Crippen LogP contribution in [0, 0.1) is 0 Å². The monoisotopic (exact) mass is 1110 g/mol. The molecule has 4 heteroatoms. The molecule has 0 aliphatic heterocycles. The van der Waals surface area contributed by atoms with Gasteiger partial charge in [0.2, 0.25) is 5.91 Å². The quantitative estimate of drug-likeness (QED) is 0.0420. The minimum Gasteiger partial charge on any atom is -0.394 e. The number of rotatable bonds is 60. The third-order valence-electron chi connectivity index (χ3n) is 14.4. The number of nitrogens with one attached hydrogen (secondary N) is 1. The summed E-state index contributed by atoms with van der Waals surface area (Å²) in [4.78, 5) is 12.5. The van der Waals surface area contributed by atoms with Gasteiger partial charge in [0.15, 0.2) is 0 Å². The van der Waals surface area contributed by atoms with Crippen LogP contribution in [0.1, 0.15) is 290 Å². The molecule has 1 amide bonds. The number of unbranched alkanes of at least 4 members (excludes halogenated alkanes) is 27. The van der Waals surface area contributed by atoms with Crippen LogP contribution in [0.2, 0.25) is 0 Å². The molecule has 0 saturated carbocycles. The average molecular weight is 1110 g/mol. The van der Waals surface area contributed by atoms with Crippen molar-refractivity contribution >= 4 is 5.91 Å². The Morgan fingerprint density at radius 2 is 0.556 bits per heavy atom. The molecule has 3 N–H and O–H groups in total. The summed E-state index contributed by atoms with van der Waals surface area (Å²) in [5, 5.41) is 23.2. The maximum absolute atomic E-state index is 12.5. The van der Waals surface area contributed by atoms with Crippen molar-refractivity contribution in [3.63, 3.8) is 0 Å². The van der Waals surface area contributed by atoms with Gasteiger partial charge in [-0.05, 0) is 128 Å². The molecule has 0 aliphatic rings. The van der Waals surface area contributed by atoms with E-state index in [0.29, 0.717) is 6.42 Å². The van der Waals surface area contributed by atoms with Crippen molar-refractivity contribution in [2.45, 2.75) is 302 Å². The van der Waals surface area contributed by atoms with Crippen molar-refractivity contribution in [3.05, 3.63) is 170 Å². The molecular weight excluding hydrogens is 987 g/mol. The third-order valence-corrected chi connectivity index (χ3v) is 14.4. The molecule has 81 heavy (non-hydrogen) atoms. The van der Waals surface area contributed by atoms with Crippen LogP contribution in [0.3, 0.4) is 0 Å². The molecule has 0 bridgehead atoms. The van der Waals surface area contributed by atoms with Gasteiger partial charge < -0.3 is 15.5 Å². The highest BCUT2D eigenvalue weighted by Crippen LogP contribution is 2.16. The second-order valence-corrected chi connectivity index (χ2v) is 22.1. The molecule has 0 aromatic heterocycles. The molecule has 458 valence electrons. The molecule has 2 atom stereocenters. The van der Waals surface area contributed by atoms with Gasteiger partial charge in [-0.15, -0.1) is 0 Å². The molecule has 0 aromatic rings. The summed E-state index contributed by atoms with van der Waals surface area (Å²) in [5.74, 6) is -0.0943. The van der Waals surface area contributed by atoms with Gasteiger partial charge in [-0.25, -0.2) is 0 Å². The number of hydrogen-bond donors (Lipinski definition) is 3. The Kier molecular flexibility index (Phi) is 66.3. The highest BCUT2D eigenvalue weighted by Gasteiger charge is 2.18. The topological polar surface area (TPSA) is 69.6 Å². The number of aliphatic hydroxyl groups is 2. The zero-order chi connectivity index (χ0) is 58.4. The van der Waals surface area contributed by atoms with Gasteiger partial charge in [0.05, 0.1) is 18.8 Å². The first kappa shape index (κ1) is 76.8. The number of allylic oxidation sites excluding steroid dienone is 27. The van der Waals surface area contributed by atoms with E-state index < -0.39 is 12.1 Å². The molecule has 0 saturated heterocycles. The van der Waals surface area contributed by atoms with E-state index in [1.165, 1.54) is 148 Å². The van der Waals surface area contributed by atoms with Crippen LogP contribution in [0.25, 0.3) is 0 Å². The van der Waals surface area contributed by atoms with Gasteiger partial charge in [0.1, 0.15) is 0 Å².